The number of unbranched alkanes of at least 4 members (excludes halogenated alkanes) is 36. The van der Waals surface area contributed by atoms with Crippen molar-refractivity contribution in [2.45, 2.75) is 387 Å². The first-order chi connectivity index (χ1) is 51.9. The van der Waals surface area contributed by atoms with Crippen molar-refractivity contribution in [3.63, 3.8) is 0 Å². The van der Waals surface area contributed by atoms with Gasteiger partial charge in [-0.1, -0.05) is 406 Å². The van der Waals surface area contributed by atoms with Crippen LogP contribution in [0.25, 0.3) is 12.2 Å². The van der Waals surface area contributed by atoms with Crippen LogP contribution in [0.2, 0.25) is 0 Å². The molecule has 2 aromatic carbocycles. The van der Waals surface area contributed by atoms with E-state index in [0.717, 1.165) is 81.5 Å². The molecule has 0 radical (unpaired) electrons. The number of carboxylic acid groups (broad SMARTS) is 2. The Morgan fingerprint density at radius 3 is 0.783 bits per heavy atom. The van der Waals surface area contributed by atoms with Gasteiger partial charge in [-0.3, -0.25) is 19.2 Å². The lowest BCUT2D eigenvalue weighted by molar-refractivity contribution is -0.141. The smallest absolute Gasteiger partial charge is 0.305 e. The third kappa shape index (κ3) is 58.7. The molecule has 8 atom stereocenters. The van der Waals surface area contributed by atoms with E-state index in [2.05, 4.69) is 167 Å². The molecule has 0 saturated carbocycles. The van der Waals surface area contributed by atoms with Gasteiger partial charge in [0, 0.05) is 25.7 Å². The summed E-state index contributed by atoms with van der Waals surface area (Å²) in [5, 5.41) is 17.3. The highest BCUT2D eigenvalue weighted by atomic mass is 16.5. The van der Waals surface area contributed by atoms with Crippen molar-refractivity contribution in [2.75, 3.05) is 14.2 Å². The van der Waals surface area contributed by atoms with Crippen molar-refractivity contribution in [3.8, 4) is 0 Å². The van der Waals surface area contributed by atoms with Gasteiger partial charge in [0.2, 0.25) is 0 Å². The lowest BCUT2D eigenvalue weighted by Gasteiger charge is -2.29. The second-order valence-electron chi connectivity index (χ2n) is 31.5. The molecule has 0 heterocycles. The molecule has 0 saturated heterocycles. The van der Waals surface area contributed by atoms with E-state index in [0.29, 0.717) is 49.4 Å². The highest BCUT2D eigenvalue weighted by molar-refractivity contribution is 5.69. The summed E-state index contributed by atoms with van der Waals surface area (Å²) in [5.41, 5.74) is 2.55. The summed E-state index contributed by atoms with van der Waals surface area (Å²) in [5.74, 6) is 4.15. The predicted octanol–water partition coefficient (Wildman–Crippen LogP) is 30.3. The molecule has 6 unspecified atom stereocenters. The van der Waals surface area contributed by atoms with Crippen LogP contribution in [0.3, 0.4) is 0 Å². The number of methoxy groups -OCH3 is 2. The lowest BCUT2D eigenvalue weighted by atomic mass is 9.76. The Morgan fingerprint density at radius 2 is 0.547 bits per heavy atom. The fourth-order valence-corrected chi connectivity index (χ4v) is 15.2. The normalized spacial score (nSPS) is 16.1. The maximum Gasteiger partial charge on any atom is 0.305 e. The van der Waals surface area contributed by atoms with Gasteiger partial charge >= 0.3 is 23.9 Å². The van der Waals surface area contributed by atoms with Crippen LogP contribution in [0.1, 0.15) is 398 Å². The van der Waals surface area contributed by atoms with Crippen molar-refractivity contribution in [3.05, 3.63) is 134 Å². The first kappa shape index (κ1) is 98.8. The molecule has 4 rings (SSSR count). The summed E-state index contributed by atoms with van der Waals surface area (Å²) in [6.07, 6.45) is 91.5. The second-order valence-corrected chi connectivity index (χ2v) is 31.5. The van der Waals surface area contributed by atoms with Gasteiger partial charge in [-0.15, -0.1) is 13.2 Å². The number of benzene rings is 2. The Hall–Kier alpha value is -5.24. The molecule has 106 heavy (non-hydrogen) atoms. The van der Waals surface area contributed by atoms with E-state index in [1.54, 1.807) is 0 Å². The van der Waals surface area contributed by atoms with E-state index in [1.165, 1.54) is 301 Å². The molecule has 2 aliphatic carbocycles. The minimum atomic E-state index is -0.676. The summed E-state index contributed by atoms with van der Waals surface area (Å²) >= 11 is 0. The monoisotopic (exact) mass is 1470 g/mol. The summed E-state index contributed by atoms with van der Waals surface area (Å²) < 4.78 is 9.36. The lowest BCUT2D eigenvalue weighted by Crippen LogP contribution is -2.18. The molecular formula is C98H164O8. The van der Waals surface area contributed by atoms with Crippen LogP contribution in [0.5, 0.6) is 0 Å². The van der Waals surface area contributed by atoms with Crippen LogP contribution in [0, 0.1) is 47.3 Å². The maximum atomic E-state index is 11.2. The van der Waals surface area contributed by atoms with Crippen molar-refractivity contribution in [1.29, 1.82) is 0 Å². The fourth-order valence-electron chi connectivity index (χ4n) is 15.2. The zero-order chi connectivity index (χ0) is 77.2. The van der Waals surface area contributed by atoms with Crippen LogP contribution in [-0.2, 0) is 28.7 Å². The highest BCUT2D eigenvalue weighted by Gasteiger charge is 2.24. The molecule has 2 N–H and O–H groups in total. The number of carboxylic acids is 2. The van der Waals surface area contributed by atoms with Crippen LogP contribution in [-0.4, -0.2) is 48.3 Å². The molecule has 2 aromatic rings. The summed E-state index contributed by atoms with van der Waals surface area (Å²) in [6.45, 7) is 17.4. The summed E-state index contributed by atoms with van der Waals surface area (Å²) in [4.78, 5) is 43.2. The van der Waals surface area contributed by atoms with Crippen molar-refractivity contribution in [2.24, 2.45) is 47.3 Å². The van der Waals surface area contributed by atoms with Gasteiger partial charge in [0.05, 0.1) is 14.2 Å². The Morgan fingerprint density at radius 1 is 0.321 bits per heavy atom. The molecule has 0 aliphatic heterocycles. The van der Waals surface area contributed by atoms with E-state index in [1.807, 2.05) is 0 Å². The predicted molar refractivity (Wildman–Crippen MR) is 458 cm³/mol. The number of hydrogen-bond acceptors (Lipinski definition) is 6. The first-order valence-electron chi connectivity index (χ1n) is 44.5. The van der Waals surface area contributed by atoms with Gasteiger partial charge in [-0.25, -0.2) is 0 Å². The van der Waals surface area contributed by atoms with Gasteiger partial charge in [0.15, 0.2) is 0 Å². The molecule has 0 fully saturated rings. The molecule has 604 valence electrons. The topological polar surface area (TPSA) is 127 Å². The molecule has 0 aromatic heterocycles. The van der Waals surface area contributed by atoms with Crippen molar-refractivity contribution < 1.29 is 38.9 Å². The maximum absolute atomic E-state index is 11.2. The molecule has 0 bridgehead atoms. The molecule has 2 aliphatic rings. The number of carbonyl (C=O) groups is 4. The summed E-state index contributed by atoms with van der Waals surface area (Å²) in [6, 6.07) is 21.2. The zero-order valence-electron chi connectivity index (χ0n) is 69.5. The van der Waals surface area contributed by atoms with Crippen LogP contribution in [0.4, 0.5) is 0 Å². The SMILES string of the molecule is C=CC(CCCCCCCC(=O)O)C(/C=C/c1ccccc1)CCCCCCCC.C=CC(CCCCCCCC(=O)OC)C(/C=C/c1ccccc1)CCCCCCCC.CCCCCCCCC1C=C[C@H]1CCCCCCCC(=O)O.CCCCCCCCC1C=C[C@H]1CCCCCCCC(=O)OC. The third-order valence-electron chi connectivity index (χ3n) is 22.4. The number of hydrogen-bond donors (Lipinski definition) is 2. The Labute approximate surface area is 653 Å². The van der Waals surface area contributed by atoms with Crippen molar-refractivity contribution >= 4 is 36.0 Å². The van der Waals surface area contributed by atoms with Gasteiger partial charge in [0.25, 0.3) is 0 Å². The average molecular weight is 1470 g/mol. The standard InChI is InChI=1S/C29H46O2.C28H44O2.C21H38O2.C20H36O2/c1-4-6-7-8-10-17-22-28(25-24-26-19-14-13-15-20-26)27(5-2)21-16-11-9-12-18-23-29(30)31-3;1-3-5-6-7-9-16-21-27(24-23-25-18-13-12-14-19-25)26(4-2)20-15-10-8-11-17-22-28(29)30;1-3-4-5-6-8-11-14-19-17-18-20(19)15-12-9-7-10-13-16-21(22)23-2;1-2-3-4-5-7-10-13-18-16-17-19(18)14-11-8-6-9-12-15-20(21)22/h5,13-15,19-20,24-25,27-28H,2,4,6-12,16-18,21-23H2,1,3H3;4,12-14,18-19,23-24,26-27H,2-3,5-11,15-17,20-22H2,1H3,(H,29,30);17-20H,3-16H2,1-2H3;16-19H,2-15H2,1H3,(H,21,22)/b25-24+;24-23+;;/t;;19?,20-;18?,19-/m..11/s1. The first-order valence-corrected chi connectivity index (χ1v) is 44.5. The zero-order valence-corrected chi connectivity index (χ0v) is 69.5. The molecule has 8 nitrogen and oxygen atoms in total. The largest absolute Gasteiger partial charge is 0.481 e. The molecule has 0 spiro atoms. The van der Waals surface area contributed by atoms with Gasteiger partial charge in [-0.05, 0) is 136 Å². The minimum absolute atomic E-state index is 0.0675. The van der Waals surface area contributed by atoms with E-state index in [-0.39, 0.29) is 11.9 Å². The van der Waals surface area contributed by atoms with E-state index < -0.39 is 11.9 Å². The minimum Gasteiger partial charge on any atom is -0.481 e. The van der Waals surface area contributed by atoms with Crippen LogP contribution >= 0.6 is 0 Å². The van der Waals surface area contributed by atoms with Crippen molar-refractivity contribution in [1.82, 2.24) is 0 Å². The van der Waals surface area contributed by atoms with Gasteiger partial charge in [0.1, 0.15) is 0 Å². The van der Waals surface area contributed by atoms with Gasteiger partial charge < -0.3 is 19.7 Å². The van der Waals surface area contributed by atoms with E-state index in [4.69, 9.17) is 14.9 Å². The van der Waals surface area contributed by atoms with E-state index >= 15 is 0 Å². The quantitative estimate of drug-likeness (QED) is 0.0381. The molecular weight excluding hydrogens is 1310 g/mol. The molecule has 8 heteroatoms. The highest BCUT2D eigenvalue weighted by Crippen LogP contribution is 2.37. The average Bonchev–Trinajstić information content (AvgIpc) is 0.863. The number of esters is 2. The van der Waals surface area contributed by atoms with Gasteiger partial charge in [-0.2, -0.15) is 0 Å². The summed E-state index contributed by atoms with van der Waals surface area (Å²) in [7, 11) is 2.93. The number of ether oxygens (including phenoxy) is 2. The fraction of sp³-hybridized carbons (Fsp3) is 0.714. The number of rotatable bonds is 68. The Kier molecular flexibility index (Phi) is 68.8. The van der Waals surface area contributed by atoms with Crippen LogP contribution in [0.15, 0.2) is 122 Å². The van der Waals surface area contributed by atoms with Crippen LogP contribution < -0.4 is 0 Å². The van der Waals surface area contributed by atoms with E-state index in [9.17, 15) is 19.2 Å². The second kappa shape index (κ2) is 73.9. The molecule has 0 amide bonds. The number of allylic oxidation sites excluding steroid dienone is 8. The number of aliphatic carboxylic acids is 2. The third-order valence-corrected chi connectivity index (χ3v) is 22.4. The number of carbonyl (C=O) groups excluding carboxylic acids is 2. The Balaban J connectivity index is 0.000000714. The Bertz CT molecular complexity index is 2460.